The van der Waals surface area contributed by atoms with Crippen molar-refractivity contribution in [1.82, 2.24) is 0 Å². The second-order valence-electron chi connectivity index (χ2n) is 5.28. The molecular weight excluding hydrogens is 328 g/mol. The molecule has 1 rings (SSSR count). The Morgan fingerprint density at radius 1 is 1.00 bits per heavy atom. The molecule has 0 bridgehead atoms. The third-order valence-corrected chi connectivity index (χ3v) is 2.70. The minimum atomic E-state index is -1.46. The van der Waals surface area contributed by atoms with E-state index in [9.17, 15) is 35.4 Å². The average Bonchev–Trinajstić information content (AvgIpc) is 2.44. The van der Waals surface area contributed by atoms with Crippen molar-refractivity contribution in [2.75, 3.05) is 20.6 Å². The molecule has 0 spiro atoms. The van der Waals surface area contributed by atoms with E-state index in [0.29, 0.717) is 12.1 Å². The van der Waals surface area contributed by atoms with Gasteiger partial charge in [0, 0.05) is 0 Å². The van der Waals surface area contributed by atoms with Gasteiger partial charge in [-0.15, -0.1) is 0 Å². The third-order valence-electron chi connectivity index (χ3n) is 2.70. The zero-order chi connectivity index (χ0) is 19.1. The van der Waals surface area contributed by atoms with Gasteiger partial charge in [0.2, 0.25) is 0 Å². The first-order valence-electron chi connectivity index (χ1n) is 6.74. The fourth-order valence-electron chi connectivity index (χ4n) is 1.51. The van der Waals surface area contributed by atoms with E-state index in [2.05, 4.69) is 6.92 Å². The van der Waals surface area contributed by atoms with Crippen LogP contribution in [0.3, 0.4) is 0 Å². The van der Waals surface area contributed by atoms with Crippen LogP contribution in [0.4, 0.5) is 17.1 Å². The molecule has 0 amide bonds. The minimum absolute atomic E-state index is 0.105. The lowest BCUT2D eigenvalue weighted by atomic mass is 10.2. The molecule has 0 aliphatic heterocycles. The van der Waals surface area contributed by atoms with E-state index in [1.807, 2.05) is 0 Å². The Morgan fingerprint density at radius 2 is 1.42 bits per heavy atom. The summed E-state index contributed by atoms with van der Waals surface area (Å²) in [5.74, 6) is -1.46. The molecule has 0 heterocycles. The van der Waals surface area contributed by atoms with Crippen LogP contribution in [0.1, 0.15) is 19.8 Å². The fourth-order valence-corrected chi connectivity index (χ4v) is 1.51. The highest BCUT2D eigenvalue weighted by Crippen LogP contribution is 2.36. The molecule has 1 aromatic carbocycles. The van der Waals surface area contributed by atoms with Crippen LogP contribution in [0.2, 0.25) is 0 Å². The lowest BCUT2D eigenvalue weighted by molar-refractivity contribution is -1.07. The second-order valence-corrected chi connectivity index (χ2v) is 5.28. The third kappa shape index (κ3) is 6.93. The molecule has 0 atom stereocenters. The Labute approximate surface area is 136 Å². The maximum Gasteiger partial charge on any atom is 0.283 e. The Balaban J connectivity index is 0.000000561. The van der Waals surface area contributed by atoms with Crippen LogP contribution >= 0.6 is 0 Å². The number of nitro benzene ring substituents is 3. The van der Waals surface area contributed by atoms with Crippen LogP contribution in [0, 0.1) is 30.3 Å². The van der Waals surface area contributed by atoms with E-state index in [1.54, 1.807) is 14.1 Å². The number of nitro groups is 3. The summed E-state index contributed by atoms with van der Waals surface area (Å²) in [7, 11) is 3.57. The van der Waals surface area contributed by atoms with E-state index in [4.69, 9.17) is 5.21 Å². The topological polar surface area (TPSA) is 173 Å². The van der Waals surface area contributed by atoms with Gasteiger partial charge in [0.15, 0.2) is 0 Å². The molecule has 0 saturated heterocycles. The first-order valence-corrected chi connectivity index (χ1v) is 6.74. The molecule has 12 nitrogen and oxygen atoms in total. The molecule has 0 saturated carbocycles. The van der Waals surface area contributed by atoms with Crippen LogP contribution in [-0.2, 0) is 0 Å². The van der Waals surface area contributed by atoms with Crippen LogP contribution < -0.4 is 5.11 Å². The monoisotopic (exact) mass is 346 g/mol. The molecule has 134 valence electrons. The van der Waals surface area contributed by atoms with Gasteiger partial charge in [-0.2, -0.15) is 4.65 Å². The molecule has 0 aliphatic rings. The number of rotatable bonds is 6. The van der Waals surface area contributed by atoms with Gasteiger partial charge in [-0.05, 0) is 6.42 Å². The summed E-state index contributed by atoms with van der Waals surface area (Å²) in [5, 5.41) is 51.2. The van der Waals surface area contributed by atoms with Crippen LogP contribution in [0.25, 0.3) is 0 Å². The van der Waals surface area contributed by atoms with Crippen molar-refractivity contribution in [3.05, 3.63) is 42.5 Å². The Hall–Kier alpha value is -2.86. The lowest BCUT2D eigenvalue weighted by Crippen LogP contribution is -2.35. The number of hydrogen-bond donors (Lipinski definition) is 1. The van der Waals surface area contributed by atoms with Crippen LogP contribution in [-0.4, -0.2) is 45.3 Å². The van der Waals surface area contributed by atoms with E-state index in [0.717, 1.165) is 19.4 Å². The van der Waals surface area contributed by atoms with Gasteiger partial charge in [0.1, 0.15) is 6.54 Å². The first-order chi connectivity index (χ1) is 10.9. The standard InChI is InChI=1S/C6H3N3O7.C6H16NO/c10-6-4(8(13)14)1-3(7(11)12)2-5(6)9(15)16;1-4-5-6-7(2,3)8/h1-2,10H;8H,4-6H2,1-3H3/q;+1/p-1. The van der Waals surface area contributed by atoms with Crippen LogP contribution in [0.15, 0.2) is 12.1 Å². The number of quaternary nitrogens is 1. The van der Waals surface area contributed by atoms with Gasteiger partial charge in [-0.25, -0.2) is 5.21 Å². The zero-order valence-electron chi connectivity index (χ0n) is 13.4. The van der Waals surface area contributed by atoms with E-state index >= 15 is 0 Å². The van der Waals surface area contributed by atoms with Gasteiger partial charge in [-0.3, -0.25) is 30.3 Å². The van der Waals surface area contributed by atoms with Crippen molar-refractivity contribution in [1.29, 1.82) is 0 Å². The summed E-state index contributed by atoms with van der Waals surface area (Å²) in [5.41, 5.74) is -3.26. The molecule has 24 heavy (non-hydrogen) atoms. The molecule has 0 unspecified atom stereocenters. The Bertz CT molecular complexity index is 591. The maximum absolute atomic E-state index is 11.1. The molecular formula is C12H18N4O8. The predicted octanol–water partition coefficient (Wildman–Crippen LogP) is 1.74. The number of unbranched alkanes of at least 4 members (excludes halogenated alkanes) is 1. The number of hydrogen-bond acceptors (Lipinski definition) is 8. The molecule has 1 aromatic rings. The first kappa shape index (κ1) is 21.1. The predicted molar refractivity (Wildman–Crippen MR) is 79.5 cm³/mol. The normalized spacial score (nSPS) is 10.5. The molecule has 0 aliphatic carbocycles. The average molecular weight is 346 g/mol. The highest BCUT2D eigenvalue weighted by molar-refractivity contribution is 5.63. The Kier molecular flexibility index (Phi) is 7.65. The van der Waals surface area contributed by atoms with Crippen molar-refractivity contribution < 1.29 is 29.7 Å². The SMILES string of the molecule is CCCC[N+](C)(C)O.O=[N+]([O-])c1cc([N+](=O)[O-])c([O-])c([N+](=O)[O-])c1. The minimum Gasteiger partial charge on any atom is -0.863 e. The number of hydroxylamine groups is 3. The summed E-state index contributed by atoms with van der Waals surface area (Å²) >= 11 is 0. The van der Waals surface area contributed by atoms with Crippen molar-refractivity contribution in [3.63, 3.8) is 0 Å². The van der Waals surface area contributed by atoms with Gasteiger partial charge in [0.05, 0.1) is 46.7 Å². The quantitative estimate of drug-likeness (QED) is 0.460. The molecule has 12 heteroatoms. The van der Waals surface area contributed by atoms with Crippen molar-refractivity contribution in [2.45, 2.75) is 19.8 Å². The van der Waals surface area contributed by atoms with Gasteiger partial charge in [0.25, 0.3) is 17.1 Å². The van der Waals surface area contributed by atoms with Gasteiger partial charge < -0.3 is 5.11 Å². The second kappa shape index (κ2) is 8.69. The highest BCUT2D eigenvalue weighted by atomic mass is 16.6. The lowest BCUT2D eigenvalue weighted by Gasteiger charge is -2.18. The summed E-state index contributed by atoms with van der Waals surface area (Å²) in [6, 6.07) is 0.769. The Morgan fingerprint density at radius 3 is 1.62 bits per heavy atom. The van der Waals surface area contributed by atoms with Crippen LogP contribution in [0.5, 0.6) is 5.75 Å². The van der Waals surface area contributed by atoms with E-state index < -0.39 is 37.6 Å². The van der Waals surface area contributed by atoms with Crippen molar-refractivity contribution in [3.8, 4) is 5.75 Å². The largest absolute Gasteiger partial charge is 0.863 e. The van der Waals surface area contributed by atoms with E-state index in [1.165, 1.54) is 0 Å². The smallest absolute Gasteiger partial charge is 0.283 e. The molecule has 1 N–H and O–H groups in total. The highest BCUT2D eigenvalue weighted by Gasteiger charge is 2.24. The van der Waals surface area contributed by atoms with E-state index in [-0.39, 0.29) is 4.65 Å². The molecule has 0 aromatic heterocycles. The number of non-ortho nitro benzene ring substituents is 1. The summed E-state index contributed by atoms with van der Waals surface area (Å²) in [4.78, 5) is 27.5. The van der Waals surface area contributed by atoms with Gasteiger partial charge in [-0.1, -0.05) is 13.3 Å². The number of benzene rings is 1. The maximum atomic E-state index is 11.1. The van der Waals surface area contributed by atoms with Crippen molar-refractivity contribution >= 4 is 17.1 Å². The summed E-state index contributed by atoms with van der Waals surface area (Å²) in [6.07, 6.45) is 2.26. The fraction of sp³-hybridized carbons (Fsp3) is 0.500. The summed E-state index contributed by atoms with van der Waals surface area (Å²) in [6.45, 7) is 2.98. The molecule has 0 radical (unpaired) electrons. The summed E-state index contributed by atoms with van der Waals surface area (Å²) < 4.78 is 0.105. The number of nitrogens with zero attached hydrogens (tertiary/aromatic N) is 4. The molecule has 0 fully saturated rings. The van der Waals surface area contributed by atoms with Crippen molar-refractivity contribution in [2.24, 2.45) is 0 Å². The zero-order valence-corrected chi connectivity index (χ0v) is 13.4. The van der Waals surface area contributed by atoms with Gasteiger partial charge >= 0.3 is 0 Å².